The van der Waals surface area contributed by atoms with Gasteiger partial charge in [0.1, 0.15) is 0 Å². The summed E-state index contributed by atoms with van der Waals surface area (Å²) >= 11 is 1.49. The van der Waals surface area contributed by atoms with Crippen molar-refractivity contribution in [1.82, 2.24) is 9.38 Å². The van der Waals surface area contributed by atoms with Gasteiger partial charge in [-0.15, -0.1) is 0 Å². The third kappa shape index (κ3) is 1.80. The number of aryl methyl sites for hydroxylation is 1. The van der Waals surface area contributed by atoms with E-state index in [0.29, 0.717) is 5.92 Å². The van der Waals surface area contributed by atoms with Crippen molar-refractivity contribution in [2.45, 2.75) is 44.9 Å². The first kappa shape index (κ1) is 11.0. The summed E-state index contributed by atoms with van der Waals surface area (Å²) in [6.45, 7) is 1.99. The van der Waals surface area contributed by atoms with Crippen LogP contribution < -0.4 is 0 Å². The largest absolute Gasteiger partial charge is 0.297 e. The van der Waals surface area contributed by atoms with Crippen molar-refractivity contribution in [3.8, 4) is 0 Å². The second-order valence-electron chi connectivity index (χ2n) is 4.82. The molecule has 0 unspecified atom stereocenters. The van der Waals surface area contributed by atoms with Crippen molar-refractivity contribution >= 4 is 22.6 Å². The molecular formula is C13H16N2OS. The molecule has 1 aliphatic carbocycles. The van der Waals surface area contributed by atoms with Crippen LogP contribution in [0, 0.1) is 6.92 Å². The van der Waals surface area contributed by atoms with Gasteiger partial charge in [0, 0.05) is 17.8 Å². The van der Waals surface area contributed by atoms with Crippen molar-refractivity contribution in [3.05, 3.63) is 22.5 Å². The van der Waals surface area contributed by atoms with E-state index in [-0.39, 0.29) is 0 Å². The highest BCUT2D eigenvalue weighted by atomic mass is 32.1. The quantitative estimate of drug-likeness (QED) is 0.761. The normalized spacial score (nSPS) is 17.7. The van der Waals surface area contributed by atoms with Crippen molar-refractivity contribution in [3.63, 3.8) is 0 Å². The molecule has 2 aromatic heterocycles. The fourth-order valence-corrected chi connectivity index (χ4v) is 3.62. The monoisotopic (exact) mass is 248 g/mol. The summed E-state index contributed by atoms with van der Waals surface area (Å²) in [6, 6.07) is 0. The average Bonchev–Trinajstić information content (AvgIpc) is 2.90. The molecule has 0 N–H and O–H groups in total. The van der Waals surface area contributed by atoms with E-state index in [1.54, 1.807) is 0 Å². The number of hydrogen-bond donors (Lipinski definition) is 0. The molecule has 0 aromatic carbocycles. The van der Waals surface area contributed by atoms with Crippen LogP contribution in [0.3, 0.4) is 0 Å². The number of imidazole rings is 1. The van der Waals surface area contributed by atoms with Gasteiger partial charge in [0.15, 0.2) is 11.2 Å². The first-order valence-corrected chi connectivity index (χ1v) is 7.05. The zero-order valence-electron chi connectivity index (χ0n) is 9.98. The number of thiazole rings is 1. The van der Waals surface area contributed by atoms with Gasteiger partial charge in [-0.2, -0.15) is 0 Å². The molecule has 0 aliphatic heterocycles. The van der Waals surface area contributed by atoms with Crippen LogP contribution >= 0.6 is 11.3 Å². The predicted octanol–water partition coefficient (Wildman–Crippen LogP) is 3.56. The molecule has 0 bridgehead atoms. The van der Waals surface area contributed by atoms with E-state index in [1.807, 2.05) is 6.92 Å². The van der Waals surface area contributed by atoms with Crippen molar-refractivity contribution in [1.29, 1.82) is 0 Å². The standard InChI is InChI=1S/C13H16N2OS/c1-9-12(8-16)17-13-14-11(7-15(9)13)10-5-3-2-4-6-10/h7-8,10H,2-6H2,1H3. The summed E-state index contributed by atoms with van der Waals surface area (Å²) in [4.78, 5) is 17.3. The molecule has 0 radical (unpaired) electrons. The van der Waals surface area contributed by atoms with Crippen LogP contribution in [-0.2, 0) is 0 Å². The minimum Gasteiger partial charge on any atom is -0.297 e. The van der Waals surface area contributed by atoms with E-state index in [0.717, 1.165) is 21.8 Å². The lowest BCUT2D eigenvalue weighted by molar-refractivity contribution is 0.112. The number of aldehydes is 1. The molecule has 4 heteroatoms. The lowest BCUT2D eigenvalue weighted by atomic mass is 9.87. The van der Waals surface area contributed by atoms with Crippen molar-refractivity contribution in [2.75, 3.05) is 0 Å². The second kappa shape index (κ2) is 4.26. The Balaban J connectivity index is 1.99. The number of carbonyl (C=O) groups is 1. The van der Waals surface area contributed by atoms with Crippen LogP contribution in [-0.4, -0.2) is 15.7 Å². The zero-order chi connectivity index (χ0) is 11.8. The summed E-state index contributed by atoms with van der Waals surface area (Å²) in [5, 5.41) is 0. The fourth-order valence-electron chi connectivity index (χ4n) is 2.69. The smallest absolute Gasteiger partial charge is 0.194 e. The van der Waals surface area contributed by atoms with Gasteiger partial charge in [0.2, 0.25) is 0 Å². The highest BCUT2D eigenvalue weighted by Gasteiger charge is 2.20. The summed E-state index contributed by atoms with van der Waals surface area (Å²) in [7, 11) is 0. The molecule has 90 valence electrons. The molecule has 1 fully saturated rings. The minimum atomic E-state index is 0.634. The maximum Gasteiger partial charge on any atom is 0.194 e. The molecule has 3 nitrogen and oxygen atoms in total. The van der Waals surface area contributed by atoms with Crippen LogP contribution in [0.5, 0.6) is 0 Å². The number of rotatable bonds is 2. The first-order chi connectivity index (χ1) is 8.29. The third-order valence-corrected chi connectivity index (χ3v) is 4.82. The summed E-state index contributed by atoms with van der Waals surface area (Å²) in [5.74, 6) is 0.634. The number of fused-ring (bicyclic) bond motifs is 1. The van der Waals surface area contributed by atoms with Crippen LogP contribution in [0.25, 0.3) is 4.96 Å². The van der Waals surface area contributed by atoms with Crippen LogP contribution in [0.1, 0.15) is 59.1 Å². The Morgan fingerprint density at radius 2 is 2.18 bits per heavy atom. The van der Waals surface area contributed by atoms with Crippen molar-refractivity contribution in [2.24, 2.45) is 0 Å². The van der Waals surface area contributed by atoms with Gasteiger partial charge in [-0.1, -0.05) is 30.6 Å². The molecule has 1 aliphatic rings. The first-order valence-electron chi connectivity index (χ1n) is 6.23. The topological polar surface area (TPSA) is 34.4 Å². The summed E-state index contributed by atoms with van der Waals surface area (Å²) in [6.07, 6.45) is 9.61. The molecule has 2 heterocycles. The van der Waals surface area contributed by atoms with Gasteiger partial charge in [-0.3, -0.25) is 9.20 Å². The number of hydrogen-bond acceptors (Lipinski definition) is 3. The van der Waals surface area contributed by atoms with Crippen molar-refractivity contribution < 1.29 is 4.79 Å². The maximum atomic E-state index is 10.9. The Labute approximate surface area is 104 Å². The van der Waals surface area contributed by atoms with E-state index < -0.39 is 0 Å². The number of aromatic nitrogens is 2. The Bertz CT molecular complexity index is 549. The summed E-state index contributed by atoms with van der Waals surface area (Å²) < 4.78 is 2.07. The molecule has 0 amide bonds. The number of nitrogens with zero attached hydrogens (tertiary/aromatic N) is 2. The SMILES string of the molecule is Cc1c(C=O)sc2nc(C3CCCCC3)cn12. The van der Waals surface area contributed by atoms with Gasteiger partial charge >= 0.3 is 0 Å². The number of carbonyl (C=O) groups excluding carboxylic acids is 1. The molecule has 2 aromatic rings. The van der Waals surface area contributed by atoms with Gasteiger partial charge in [-0.05, 0) is 19.8 Å². The van der Waals surface area contributed by atoms with Crippen LogP contribution in [0.15, 0.2) is 6.20 Å². The molecule has 0 atom stereocenters. The molecular weight excluding hydrogens is 232 g/mol. The molecule has 1 saturated carbocycles. The second-order valence-corrected chi connectivity index (χ2v) is 5.83. The Kier molecular flexibility index (Phi) is 2.74. The average molecular weight is 248 g/mol. The minimum absolute atomic E-state index is 0.634. The molecule has 3 rings (SSSR count). The van der Waals surface area contributed by atoms with Gasteiger partial charge in [-0.25, -0.2) is 4.98 Å². The highest BCUT2D eigenvalue weighted by Crippen LogP contribution is 2.33. The van der Waals surface area contributed by atoms with E-state index in [1.165, 1.54) is 49.1 Å². The van der Waals surface area contributed by atoms with Crippen LogP contribution in [0.2, 0.25) is 0 Å². The van der Waals surface area contributed by atoms with Gasteiger partial charge in [0.25, 0.3) is 0 Å². The lowest BCUT2D eigenvalue weighted by Gasteiger charge is -2.19. The Morgan fingerprint density at radius 1 is 1.41 bits per heavy atom. The molecule has 0 saturated heterocycles. The van der Waals surface area contributed by atoms with Gasteiger partial charge < -0.3 is 0 Å². The lowest BCUT2D eigenvalue weighted by Crippen LogP contribution is -2.04. The fraction of sp³-hybridized carbons (Fsp3) is 0.538. The van der Waals surface area contributed by atoms with E-state index in [4.69, 9.17) is 0 Å². The summed E-state index contributed by atoms with van der Waals surface area (Å²) in [5.41, 5.74) is 2.24. The molecule has 0 spiro atoms. The molecule has 17 heavy (non-hydrogen) atoms. The Hall–Kier alpha value is -1.16. The third-order valence-electron chi connectivity index (χ3n) is 3.74. The highest BCUT2D eigenvalue weighted by molar-refractivity contribution is 7.18. The van der Waals surface area contributed by atoms with Crippen LogP contribution in [0.4, 0.5) is 0 Å². The Morgan fingerprint density at radius 3 is 2.82 bits per heavy atom. The predicted molar refractivity (Wildman–Crippen MR) is 69.0 cm³/mol. The maximum absolute atomic E-state index is 10.9. The van der Waals surface area contributed by atoms with E-state index >= 15 is 0 Å². The van der Waals surface area contributed by atoms with E-state index in [2.05, 4.69) is 15.6 Å². The zero-order valence-corrected chi connectivity index (χ0v) is 10.8. The van der Waals surface area contributed by atoms with E-state index in [9.17, 15) is 4.79 Å². The van der Waals surface area contributed by atoms with Gasteiger partial charge in [0.05, 0.1) is 10.6 Å².